The second-order valence-electron chi connectivity index (χ2n) is 9.00. The number of aryl methyl sites for hydroxylation is 1. The summed E-state index contributed by atoms with van der Waals surface area (Å²) in [5, 5.41) is 0. The standard InChI is InChI=1S/C24H29N3O3S/c1-5-31(29,30)26-23-11-9-19-20(13-25-14-21(19)24(23,2)3)16-7-10-22-17(12-16)6-8-18(15-28)27(22)4/h7,10,12-14,23,26H,5-6,8-9,11H2,1-4H3. The van der Waals surface area contributed by atoms with Gasteiger partial charge in [-0.3, -0.25) is 4.98 Å². The summed E-state index contributed by atoms with van der Waals surface area (Å²) in [4.78, 5) is 17.6. The number of hydrogen-bond acceptors (Lipinski definition) is 5. The van der Waals surface area contributed by atoms with Crippen LogP contribution in [0.5, 0.6) is 0 Å². The Morgan fingerprint density at radius 3 is 2.71 bits per heavy atom. The Balaban J connectivity index is 1.74. The summed E-state index contributed by atoms with van der Waals surface area (Å²) in [5.74, 6) is 2.13. The van der Waals surface area contributed by atoms with Gasteiger partial charge in [0.25, 0.3) is 0 Å². The molecule has 1 atom stereocenters. The van der Waals surface area contributed by atoms with Gasteiger partial charge in [-0.05, 0) is 60.6 Å². The Bertz CT molecular complexity index is 1180. The third-order valence-electron chi connectivity index (χ3n) is 6.91. The van der Waals surface area contributed by atoms with Crippen LogP contribution in [0.4, 0.5) is 5.69 Å². The summed E-state index contributed by atoms with van der Waals surface area (Å²) in [6, 6.07) is 6.18. The van der Waals surface area contributed by atoms with Crippen LogP contribution < -0.4 is 9.62 Å². The minimum atomic E-state index is -3.28. The molecule has 0 saturated carbocycles. The van der Waals surface area contributed by atoms with Gasteiger partial charge in [0, 0.05) is 48.6 Å². The molecule has 1 aromatic heterocycles. The van der Waals surface area contributed by atoms with Gasteiger partial charge in [-0.2, -0.15) is 0 Å². The highest BCUT2D eigenvalue weighted by molar-refractivity contribution is 7.89. The fourth-order valence-corrected chi connectivity index (χ4v) is 5.88. The molecule has 0 radical (unpaired) electrons. The number of allylic oxidation sites excluding steroid dienone is 1. The molecule has 164 valence electrons. The Morgan fingerprint density at radius 1 is 1.23 bits per heavy atom. The van der Waals surface area contributed by atoms with Crippen molar-refractivity contribution in [2.24, 2.45) is 0 Å². The number of aromatic nitrogens is 1. The van der Waals surface area contributed by atoms with Gasteiger partial charge in [0.15, 0.2) is 0 Å². The van der Waals surface area contributed by atoms with E-state index in [1.165, 1.54) is 11.1 Å². The summed E-state index contributed by atoms with van der Waals surface area (Å²) < 4.78 is 27.3. The monoisotopic (exact) mass is 439 g/mol. The van der Waals surface area contributed by atoms with E-state index in [2.05, 4.69) is 41.8 Å². The van der Waals surface area contributed by atoms with E-state index in [4.69, 9.17) is 0 Å². The van der Waals surface area contributed by atoms with Crippen LogP contribution in [0.25, 0.3) is 11.1 Å². The fraction of sp³-hybridized carbons (Fsp3) is 0.458. The highest BCUT2D eigenvalue weighted by Gasteiger charge is 2.39. The lowest BCUT2D eigenvalue weighted by Crippen LogP contribution is -2.50. The lowest BCUT2D eigenvalue weighted by molar-refractivity contribution is 0.338. The Kier molecular flexibility index (Phi) is 5.54. The number of nitrogens with one attached hydrogen (secondary N) is 1. The number of hydrogen-bond donors (Lipinski definition) is 1. The third-order valence-corrected chi connectivity index (χ3v) is 8.32. The lowest BCUT2D eigenvalue weighted by Gasteiger charge is -2.41. The molecule has 0 saturated heterocycles. The van der Waals surface area contributed by atoms with E-state index in [9.17, 15) is 13.2 Å². The minimum Gasteiger partial charge on any atom is -0.339 e. The summed E-state index contributed by atoms with van der Waals surface area (Å²) in [6.45, 7) is 5.84. The number of carbonyl (C=O) groups excluding carboxylic acids is 1. The Labute approximate surface area is 184 Å². The predicted molar refractivity (Wildman–Crippen MR) is 123 cm³/mol. The third kappa shape index (κ3) is 3.82. The van der Waals surface area contributed by atoms with Crippen molar-refractivity contribution in [2.75, 3.05) is 17.7 Å². The first-order chi connectivity index (χ1) is 14.7. The van der Waals surface area contributed by atoms with Gasteiger partial charge in [0.05, 0.1) is 5.75 Å². The van der Waals surface area contributed by atoms with E-state index in [-0.39, 0.29) is 17.2 Å². The van der Waals surface area contributed by atoms with Crippen LogP contribution in [0.3, 0.4) is 0 Å². The molecule has 1 aliphatic heterocycles. The van der Waals surface area contributed by atoms with Crippen LogP contribution >= 0.6 is 0 Å². The van der Waals surface area contributed by atoms with Gasteiger partial charge in [-0.25, -0.2) is 17.9 Å². The molecule has 1 unspecified atom stereocenters. The summed E-state index contributed by atoms with van der Waals surface area (Å²) in [7, 11) is -1.38. The van der Waals surface area contributed by atoms with Crippen LogP contribution in [-0.2, 0) is 33.1 Å². The van der Waals surface area contributed by atoms with Gasteiger partial charge in [-0.15, -0.1) is 0 Å². The van der Waals surface area contributed by atoms with Gasteiger partial charge >= 0.3 is 0 Å². The SMILES string of the molecule is CCS(=O)(=O)NC1CCc2c(-c3ccc4c(c3)CCC(=C=O)N4C)cncc2C1(C)C. The Morgan fingerprint density at radius 2 is 2.00 bits per heavy atom. The largest absolute Gasteiger partial charge is 0.339 e. The van der Waals surface area contributed by atoms with E-state index >= 15 is 0 Å². The van der Waals surface area contributed by atoms with Crippen molar-refractivity contribution >= 4 is 21.7 Å². The second kappa shape index (κ2) is 7.90. The smallest absolute Gasteiger partial charge is 0.211 e. The number of benzene rings is 1. The molecule has 0 fully saturated rings. The molecule has 6 nitrogen and oxygen atoms in total. The van der Waals surface area contributed by atoms with Crippen LogP contribution in [0.15, 0.2) is 36.3 Å². The first kappa shape index (κ1) is 21.8. The maximum absolute atomic E-state index is 12.2. The van der Waals surface area contributed by atoms with Crippen molar-refractivity contribution in [2.45, 2.75) is 57.9 Å². The first-order valence-corrected chi connectivity index (χ1v) is 12.4. The molecule has 0 amide bonds. The zero-order valence-electron chi connectivity index (χ0n) is 18.5. The van der Waals surface area contributed by atoms with E-state index in [0.29, 0.717) is 12.1 Å². The van der Waals surface area contributed by atoms with Crippen molar-refractivity contribution in [3.05, 3.63) is 53.0 Å². The zero-order valence-corrected chi connectivity index (χ0v) is 19.3. The van der Waals surface area contributed by atoms with Gasteiger partial charge in [0.2, 0.25) is 10.0 Å². The van der Waals surface area contributed by atoms with Crippen molar-refractivity contribution in [1.82, 2.24) is 9.71 Å². The van der Waals surface area contributed by atoms with Crippen LogP contribution in [-0.4, -0.2) is 38.2 Å². The maximum Gasteiger partial charge on any atom is 0.211 e. The highest BCUT2D eigenvalue weighted by Crippen LogP contribution is 2.42. The molecule has 31 heavy (non-hydrogen) atoms. The van der Waals surface area contributed by atoms with E-state index in [1.807, 2.05) is 30.3 Å². The molecule has 0 spiro atoms. The molecule has 2 heterocycles. The Hall–Kier alpha value is -2.47. The number of sulfonamides is 1. The van der Waals surface area contributed by atoms with Gasteiger partial charge < -0.3 is 4.90 Å². The number of rotatable bonds is 4. The normalized spacial score (nSPS) is 20.1. The summed E-state index contributed by atoms with van der Waals surface area (Å²) in [6.07, 6.45) is 6.84. The maximum atomic E-state index is 12.2. The van der Waals surface area contributed by atoms with Crippen molar-refractivity contribution < 1.29 is 13.2 Å². The summed E-state index contributed by atoms with van der Waals surface area (Å²) >= 11 is 0. The number of anilines is 1. The first-order valence-electron chi connectivity index (χ1n) is 10.8. The van der Waals surface area contributed by atoms with E-state index in [0.717, 1.165) is 41.6 Å². The van der Waals surface area contributed by atoms with Gasteiger partial charge in [0.1, 0.15) is 11.6 Å². The molecule has 4 rings (SSSR count). The zero-order chi connectivity index (χ0) is 22.4. The quantitative estimate of drug-likeness (QED) is 0.739. The molecule has 1 N–H and O–H groups in total. The number of fused-ring (bicyclic) bond motifs is 2. The van der Waals surface area contributed by atoms with Gasteiger partial charge in [-0.1, -0.05) is 19.9 Å². The van der Waals surface area contributed by atoms with Crippen molar-refractivity contribution in [3.8, 4) is 11.1 Å². The highest BCUT2D eigenvalue weighted by atomic mass is 32.2. The van der Waals surface area contributed by atoms with Crippen LogP contribution in [0, 0.1) is 0 Å². The van der Waals surface area contributed by atoms with Crippen LogP contribution in [0.1, 0.15) is 50.3 Å². The fourth-order valence-electron chi connectivity index (χ4n) is 4.87. The average molecular weight is 440 g/mol. The lowest BCUT2D eigenvalue weighted by atomic mass is 9.69. The number of pyridine rings is 1. The molecule has 1 aromatic carbocycles. The molecule has 1 aliphatic carbocycles. The van der Waals surface area contributed by atoms with Crippen LogP contribution in [0.2, 0.25) is 0 Å². The number of nitrogens with zero attached hydrogens (tertiary/aromatic N) is 2. The van der Waals surface area contributed by atoms with E-state index < -0.39 is 10.0 Å². The molecular formula is C24H29N3O3S. The van der Waals surface area contributed by atoms with Crippen molar-refractivity contribution in [1.29, 1.82) is 0 Å². The molecule has 2 aliphatic rings. The molecule has 0 bridgehead atoms. The minimum absolute atomic E-state index is 0.0787. The second-order valence-corrected chi connectivity index (χ2v) is 11.0. The average Bonchev–Trinajstić information content (AvgIpc) is 2.75. The molecule has 7 heteroatoms. The topological polar surface area (TPSA) is 79.4 Å². The molecule has 2 aromatic rings. The predicted octanol–water partition coefficient (Wildman–Crippen LogP) is 3.38. The summed E-state index contributed by atoms with van der Waals surface area (Å²) in [5.41, 5.74) is 7.12. The van der Waals surface area contributed by atoms with E-state index in [1.54, 1.807) is 6.92 Å². The van der Waals surface area contributed by atoms with Crippen molar-refractivity contribution in [3.63, 3.8) is 0 Å². The molecular weight excluding hydrogens is 410 g/mol.